The molecule has 1 saturated heterocycles. The molecule has 1 aromatic carbocycles. The number of hydrogen-bond acceptors (Lipinski definition) is 3. The molecule has 1 atom stereocenters. The lowest BCUT2D eigenvalue weighted by Crippen LogP contribution is -2.49. The maximum Gasteiger partial charge on any atom is 0.0978 e. The van der Waals surface area contributed by atoms with Crippen LogP contribution < -0.4 is 0 Å². The lowest BCUT2D eigenvalue weighted by molar-refractivity contribution is 0.106. The molecule has 1 unspecified atom stereocenters. The maximum atomic E-state index is 9.24. The van der Waals surface area contributed by atoms with E-state index < -0.39 is 0 Å². The van der Waals surface area contributed by atoms with Crippen molar-refractivity contribution in [1.82, 2.24) is 9.80 Å². The van der Waals surface area contributed by atoms with Gasteiger partial charge in [0, 0.05) is 32.7 Å². The fourth-order valence-corrected chi connectivity index (χ4v) is 3.13. The highest BCUT2D eigenvalue weighted by atomic mass is 35.5. The molecule has 0 aliphatic carbocycles. The number of rotatable bonds is 5. The quantitative estimate of drug-likeness (QED) is 0.824. The normalized spacial score (nSPS) is 18.4. The number of hydrogen-bond donors (Lipinski definition) is 0. The van der Waals surface area contributed by atoms with Gasteiger partial charge < -0.3 is 0 Å². The summed E-state index contributed by atoms with van der Waals surface area (Å²) >= 11 is 12.3. The number of piperazine rings is 1. The van der Waals surface area contributed by atoms with E-state index in [4.69, 9.17) is 23.2 Å². The number of nitrogens with zero attached hydrogens (tertiary/aromatic N) is 3. The van der Waals surface area contributed by atoms with Crippen molar-refractivity contribution < 1.29 is 0 Å². The summed E-state index contributed by atoms with van der Waals surface area (Å²) < 4.78 is 0. The highest BCUT2D eigenvalue weighted by molar-refractivity contribution is 6.42. The molecule has 21 heavy (non-hydrogen) atoms. The van der Waals surface area contributed by atoms with Gasteiger partial charge in [0.15, 0.2) is 0 Å². The number of halogens is 2. The molecule has 1 heterocycles. The van der Waals surface area contributed by atoms with Crippen molar-refractivity contribution in [3.05, 3.63) is 33.8 Å². The lowest BCUT2D eigenvalue weighted by atomic mass is 10.1. The Hall–Kier alpha value is -0.790. The third kappa shape index (κ3) is 4.34. The molecule has 114 valence electrons. The molecule has 1 aromatic rings. The SMILES string of the molecule is CCCC(C#N)N1CCN(Cc2cccc(Cl)c2Cl)CC1. The molecule has 0 spiro atoms. The van der Waals surface area contributed by atoms with Gasteiger partial charge in [0.1, 0.15) is 0 Å². The van der Waals surface area contributed by atoms with Crippen molar-refractivity contribution in [2.45, 2.75) is 32.4 Å². The first-order valence-electron chi connectivity index (χ1n) is 7.44. The molecule has 0 N–H and O–H groups in total. The first kappa shape index (κ1) is 16.6. The van der Waals surface area contributed by atoms with Crippen LogP contribution in [0, 0.1) is 11.3 Å². The Morgan fingerprint density at radius 1 is 1.24 bits per heavy atom. The van der Waals surface area contributed by atoms with E-state index in [0.717, 1.165) is 51.1 Å². The van der Waals surface area contributed by atoms with Gasteiger partial charge in [-0.1, -0.05) is 48.7 Å². The molecule has 1 aliphatic rings. The fourth-order valence-electron chi connectivity index (χ4n) is 2.75. The summed E-state index contributed by atoms with van der Waals surface area (Å²) in [5.74, 6) is 0. The highest BCUT2D eigenvalue weighted by Crippen LogP contribution is 2.26. The first-order chi connectivity index (χ1) is 10.2. The smallest absolute Gasteiger partial charge is 0.0978 e. The van der Waals surface area contributed by atoms with Gasteiger partial charge in [0.25, 0.3) is 0 Å². The zero-order chi connectivity index (χ0) is 15.2. The molecule has 0 bridgehead atoms. The van der Waals surface area contributed by atoms with Crippen molar-refractivity contribution in [2.24, 2.45) is 0 Å². The molecular weight excluding hydrogens is 305 g/mol. The lowest BCUT2D eigenvalue weighted by Gasteiger charge is -2.37. The van der Waals surface area contributed by atoms with E-state index >= 15 is 0 Å². The van der Waals surface area contributed by atoms with Crippen LogP contribution in [-0.2, 0) is 6.54 Å². The van der Waals surface area contributed by atoms with Gasteiger partial charge in [0.2, 0.25) is 0 Å². The molecule has 0 radical (unpaired) electrons. The van der Waals surface area contributed by atoms with Gasteiger partial charge in [0.05, 0.1) is 22.2 Å². The minimum absolute atomic E-state index is 0.0620. The average molecular weight is 326 g/mol. The molecule has 1 aliphatic heterocycles. The molecule has 0 saturated carbocycles. The van der Waals surface area contributed by atoms with Gasteiger partial charge >= 0.3 is 0 Å². The van der Waals surface area contributed by atoms with Crippen LogP contribution in [0.2, 0.25) is 10.0 Å². The van der Waals surface area contributed by atoms with Crippen molar-refractivity contribution in [3.8, 4) is 6.07 Å². The van der Waals surface area contributed by atoms with E-state index in [1.807, 2.05) is 18.2 Å². The van der Waals surface area contributed by atoms with Gasteiger partial charge in [-0.2, -0.15) is 5.26 Å². The Bertz CT molecular complexity index is 505. The van der Waals surface area contributed by atoms with E-state index in [-0.39, 0.29) is 6.04 Å². The first-order valence-corrected chi connectivity index (χ1v) is 8.20. The Kier molecular flexibility index (Phi) is 6.32. The summed E-state index contributed by atoms with van der Waals surface area (Å²) in [6.07, 6.45) is 2.01. The van der Waals surface area contributed by atoms with E-state index in [1.54, 1.807) is 0 Å². The topological polar surface area (TPSA) is 30.3 Å². The molecule has 0 amide bonds. The van der Waals surface area contributed by atoms with Crippen LogP contribution in [0.4, 0.5) is 0 Å². The van der Waals surface area contributed by atoms with Crippen LogP contribution >= 0.6 is 23.2 Å². The van der Waals surface area contributed by atoms with E-state index in [2.05, 4.69) is 22.8 Å². The van der Waals surface area contributed by atoms with Crippen molar-refractivity contribution in [3.63, 3.8) is 0 Å². The summed E-state index contributed by atoms with van der Waals surface area (Å²) in [5, 5.41) is 10.5. The van der Waals surface area contributed by atoms with Crippen molar-refractivity contribution >= 4 is 23.2 Å². The van der Waals surface area contributed by atoms with Crippen LogP contribution in [0.3, 0.4) is 0 Å². The van der Waals surface area contributed by atoms with Crippen LogP contribution in [0.1, 0.15) is 25.3 Å². The van der Waals surface area contributed by atoms with Gasteiger partial charge in [-0.15, -0.1) is 0 Å². The van der Waals surface area contributed by atoms with Gasteiger partial charge in [-0.3, -0.25) is 9.80 Å². The van der Waals surface area contributed by atoms with Crippen LogP contribution in [0.25, 0.3) is 0 Å². The average Bonchev–Trinajstić information content (AvgIpc) is 2.50. The molecular formula is C16H21Cl2N3. The molecule has 5 heteroatoms. The molecule has 3 nitrogen and oxygen atoms in total. The number of nitriles is 1. The van der Waals surface area contributed by atoms with E-state index in [0.29, 0.717) is 10.0 Å². The van der Waals surface area contributed by atoms with Crippen molar-refractivity contribution in [2.75, 3.05) is 26.2 Å². The Labute approximate surface area is 137 Å². The monoisotopic (exact) mass is 325 g/mol. The zero-order valence-corrected chi connectivity index (χ0v) is 13.9. The summed E-state index contributed by atoms with van der Waals surface area (Å²) in [4.78, 5) is 4.66. The fraction of sp³-hybridized carbons (Fsp3) is 0.562. The number of benzene rings is 1. The maximum absolute atomic E-state index is 9.24. The standard InChI is InChI=1S/C16H21Cl2N3/c1-2-4-14(11-19)21-9-7-20(8-10-21)12-13-5-3-6-15(17)16(13)18/h3,5-6,14H,2,4,7-10,12H2,1H3. The molecule has 0 aromatic heterocycles. The second kappa shape index (κ2) is 8.00. The molecule has 1 fully saturated rings. The minimum atomic E-state index is 0.0620. The Morgan fingerprint density at radius 2 is 1.95 bits per heavy atom. The Balaban J connectivity index is 1.90. The summed E-state index contributed by atoms with van der Waals surface area (Å²) in [5.41, 5.74) is 1.07. The van der Waals surface area contributed by atoms with Gasteiger partial charge in [-0.05, 0) is 18.1 Å². The van der Waals surface area contributed by atoms with Gasteiger partial charge in [-0.25, -0.2) is 0 Å². The third-order valence-corrected chi connectivity index (χ3v) is 4.84. The third-order valence-electron chi connectivity index (χ3n) is 3.98. The summed E-state index contributed by atoms with van der Waals surface area (Å²) in [7, 11) is 0. The minimum Gasteiger partial charge on any atom is -0.296 e. The summed E-state index contributed by atoms with van der Waals surface area (Å²) in [6, 6.07) is 8.26. The van der Waals surface area contributed by atoms with Crippen molar-refractivity contribution in [1.29, 1.82) is 5.26 Å². The summed E-state index contributed by atoms with van der Waals surface area (Å²) in [6.45, 7) is 6.75. The van der Waals surface area contributed by atoms with Crippen LogP contribution in [0.15, 0.2) is 18.2 Å². The predicted molar refractivity (Wildman–Crippen MR) is 87.6 cm³/mol. The zero-order valence-electron chi connectivity index (χ0n) is 12.4. The Morgan fingerprint density at radius 3 is 2.57 bits per heavy atom. The second-order valence-electron chi connectivity index (χ2n) is 5.46. The van der Waals surface area contributed by atoms with E-state index in [1.165, 1.54) is 0 Å². The molecule has 2 rings (SSSR count). The van der Waals surface area contributed by atoms with Crippen LogP contribution in [-0.4, -0.2) is 42.0 Å². The van der Waals surface area contributed by atoms with E-state index in [9.17, 15) is 5.26 Å². The predicted octanol–water partition coefficient (Wildman–Crippen LogP) is 3.80. The highest BCUT2D eigenvalue weighted by Gasteiger charge is 2.23. The van der Waals surface area contributed by atoms with Crippen LogP contribution in [0.5, 0.6) is 0 Å². The largest absolute Gasteiger partial charge is 0.296 e. The second-order valence-corrected chi connectivity index (χ2v) is 6.24.